The highest BCUT2D eigenvalue weighted by Gasteiger charge is 2.54. The first-order chi connectivity index (χ1) is 10.6. The molecule has 2 rings (SSSR count). The zero-order valence-electron chi connectivity index (χ0n) is 14.6. The summed E-state index contributed by atoms with van der Waals surface area (Å²) in [5.74, 6) is -0.638. The Morgan fingerprint density at radius 3 is 2.30 bits per heavy atom. The topological polar surface area (TPSA) is 44.8 Å². The van der Waals surface area contributed by atoms with Crippen LogP contribution in [0.25, 0.3) is 0 Å². The standard InChI is InChI=1S/C17H24BClO4/c1-11-8-7-9-13(19)15(11)12(10-14(20)21-6)18-22-16(2,3)17(4,5)23-18/h7-9,12H,10H2,1-6H3. The molecule has 0 N–H and O–H groups in total. The Morgan fingerprint density at radius 1 is 1.26 bits per heavy atom. The Labute approximate surface area is 143 Å². The molecular formula is C17H24BClO4. The van der Waals surface area contributed by atoms with Crippen molar-refractivity contribution in [3.8, 4) is 0 Å². The fourth-order valence-corrected chi connectivity index (χ4v) is 3.13. The molecule has 0 aliphatic carbocycles. The molecule has 0 bridgehead atoms. The zero-order chi connectivity index (χ0) is 17.4. The minimum absolute atomic E-state index is 0.151. The SMILES string of the molecule is COC(=O)CC(B1OC(C)(C)C(C)(C)O1)c1c(C)cccc1Cl. The predicted molar refractivity (Wildman–Crippen MR) is 91.6 cm³/mol. The van der Waals surface area contributed by atoms with Gasteiger partial charge >= 0.3 is 13.1 Å². The van der Waals surface area contributed by atoms with Gasteiger partial charge in [-0.2, -0.15) is 0 Å². The van der Waals surface area contributed by atoms with Gasteiger partial charge in [-0.1, -0.05) is 23.7 Å². The number of aryl methyl sites for hydroxylation is 1. The van der Waals surface area contributed by atoms with Gasteiger partial charge in [-0.05, 0) is 51.8 Å². The number of methoxy groups -OCH3 is 1. The quantitative estimate of drug-likeness (QED) is 0.616. The maximum atomic E-state index is 11.9. The van der Waals surface area contributed by atoms with Crippen LogP contribution in [0.2, 0.25) is 5.02 Å². The van der Waals surface area contributed by atoms with E-state index >= 15 is 0 Å². The van der Waals surface area contributed by atoms with Crippen LogP contribution in [0.15, 0.2) is 18.2 Å². The maximum Gasteiger partial charge on any atom is 0.466 e. The molecule has 1 unspecified atom stereocenters. The van der Waals surface area contributed by atoms with Gasteiger partial charge in [0.2, 0.25) is 0 Å². The van der Waals surface area contributed by atoms with Crippen molar-refractivity contribution in [1.82, 2.24) is 0 Å². The minimum Gasteiger partial charge on any atom is -0.469 e. The fourth-order valence-electron chi connectivity index (χ4n) is 2.76. The molecule has 1 aromatic carbocycles. The lowest BCUT2D eigenvalue weighted by Crippen LogP contribution is -2.41. The molecule has 0 spiro atoms. The number of carbonyl (C=O) groups is 1. The second-order valence-corrected chi connectivity index (χ2v) is 7.39. The van der Waals surface area contributed by atoms with Crippen molar-refractivity contribution >= 4 is 24.7 Å². The zero-order valence-corrected chi connectivity index (χ0v) is 15.4. The third-order valence-electron chi connectivity index (χ3n) is 4.86. The van der Waals surface area contributed by atoms with Crippen LogP contribution < -0.4 is 0 Å². The van der Waals surface area contributed by atoms with Gasteiger partial charge in [0, 0.05) is 10.8 Å². The molecule has 0 amide bonds. The number of benzene rings is 1. The molecule has 126 valence electrons. The second-order valence-electron chi connectivity index (χ2n) is 6.98. The van der Waals surface area contributed by atoms with Gasteiger partial charge in [0.1, 0.15) is 0 Å². The van der Waals surface area contributed by atoms with Gasteiger partial charge < -0.3 is 14.0 Å². The minimum atomic E-state index is -0.558. The Kier molecular flexibility index (Phi) is 5.14. The van der Waals surface area contributed by atoms with E-state index in [0.717, 1.165) is 11.1 Å². The van der Waals surface area contributed by atoms with E-state index < -0.39 is 18.3 Å². The Hall–Kier alpha value is -1.04. The van der Waals surface area contributed by atoms with Crippen molar-refractivity contribution in [2.75, 3.05) is 7.11 Å². The summed E-state index contributed by atoms with van der Waals surface area (Å²) in [5, 5.41) is 0.605. The summed E-state index contributed by atoms with van der Waals surface area (Å²) in [5.41, 5.74) is 0.932. The fraction of sp³-hybridized carbons (Fsp3) is 0.588. The normalized spacial score (nSPS) is 20.4. The summed E-state index contributed by atoms with van der Waals surface area (Å²) in [6, 6.07) is 5.68. The average Bonchev–Trinajstić information content (AvgIpc) is 2.65. The predicted octanol–water partition coefficient (Wildman–Crippen LogP) is 3.93. The summed E-state index contributed by atoms with van der Waals surface area (Å²) in [6.07, 6.45) is 0.151. The first-order valence-corrected chi connectivity index (χ1v) is 8.14. The molecule has 23 heavy (non-hydrogen) atoms. The van der Waals surface area contributed by atoms with Gasteiger partial charge in [-0.15, -0.1) is 0 Å². The monoisotopic (exact) mass is 338 g/mol. The Bertz CT molecular complexity index is 564. The molecule has 1 atom stereocenters. The molecule has 1 aliphatic heterocycles. The Morgan fingerprint density at radius 2 is 1.83 bits per heavy atom. The smallest absolute Gasteiger partial charge is 0.466 e. The van der Waals surface area contributed by atoms with E-state index in [2.05, 4.69) is 0 Å². The van der Waals surface area contributed by atoms with Crippen molar-refractivity contribution in [3.63, 3.8) is 0 Å². The lowest BCUT2D eigenvalue weighted by molar-refractivity contribution is -0.140. The highest BCUT2D eigenvalue weighted by molar-refractivity contribution is 6.48. The summed E-state index contributed by atoms with van der Waals surface area (Å²) >= 11 is 6.41. The van der Waals surface area contributed by atoms with Crippen LogP contribution in [-0.2, 0) is 18.8 Å². The van der Waals surface area contributed by atoms with Crippen LogP contribution in [0.3, 0.4) is 0 Å². The summed E-state index contributed by atoms with van der Waals surface area (Å²) < 4.78 is 17.1. The van der Waals surface area contributed by atoms with Gasteiger partial charge in [-0.3, -0.25) is 4.79 Å². The number of hydrogen-bond donors (Lipinski definition) is 0. The van der Waals surface area contributed by atoms with Crippen LogP contribution in [0.1, 0.15) is 51.1 Å². The highest BCUT2D eigenvalue weighted by atomic mass is 35.5. The second kappa shape index (κ2) is 6.46. The van der Waals surface area contributed by atoms with Crippen molar-refractivity contribution in [2.45, 2.75) is 58.1 Å². The number of carbonyl (C=O) groups excluding carboxylic acids is 1. The number of esters is 1. The largest absolute Gasteiger partial charge is 0.469 e. The molecule has 4 nitrogen and oxygen atoms in total. The lowest BCUT2D eigenvalue weighted by Gasteiger charge is -2.32. The first kappa shape index (κ1) is 18.3. The molecule has 1 aliphatic rings. The van der Waals surface area contributed by atoms with Crippen LogP contribution in [0.4, 0.5) is 0 Å². The Balaban J connectivity index is 2.42. The molecule has 0 aromatic heterocycles. The molecule has 1 heterocycles. The van der Waals surface area contributed by atoms with E-state index in [4.69, 9.17) is 25.6 Å². The van der Waals surface area contributed by atoms with E-state index in [1.807, 2.05) is 52.8 Å². The van der Waals surface area contributed by atoms with Crippen LogP contribution in [0, 0.1) is 6.92 Å². The van der Waals surface area contributed by atoms with Gasteiger partial charge in [0.25, 0.3) is 0 Å². The van der Waals surface area contributed by atoms with Crippen molar-refractivity contribution in [1.29, 1.82) is 0 Å². The van der Waals surface area contributed by atoms with Gasteiger partial charge in [0.05, 0.1) is 24.7 Å². The molecular weight excluding hydrogens is 314 g/mol. The molecule has 6 heteroatoms. The van der Waals surface area contributed by atoms with Crippen molar-refractivity contribution in [3.05, 3.63) is 34.3 Å². The summed E-state index contributed by atoms with van der Waals surface area (Å²) in [7, 11) is 0.820. The van der Waals surface area contributed by atoms with Crippen molar-refractivity contribution < 1.29 is 18.8 Å². The van der Waals surface area contributed by atoms with E-state index in [1.54, 1.807) is 0 Å². The summed E-state index contributed by atoms with van der Waals surface area (Å²) in [6.45, 7) is 9.92. The number of rotatable bonds is 4. The maximum absolute atomic E-state index is 11.9. The molecule has 0 radical (unpaired) electrons. The molecule has 1 saturated heterocycles. The molecule has 0 saturated carbocycles. The van der Waals surface area contributed by atoms with E-state index in [-0.39, 0.29) is 18.2 Å². The average molecular weight is 339 g/mol. The van der Waals surface area contributed by atoms with E-state index in [9.17, 15) is 4.79 Å². The van der Waals surface area contributed by atoms with Crippen molar-refractivity contribution in [2.24, 2.45) is 0 Å². The third kappa shape index (κ3) is 3.57. The van der Waals surface area contributed by atoms with Gasteiger partial charge in [0.15, 0.2) is 0 Å². The van der Waals surface area contributed by atoms with E-state index in [0.29, 0.717) is 5.02 Å². The number of ether oxygens (including phenoxy) is 1. The van der Waals surface area contributed by atoms with Gasteiger partial charge in [-0.25, -0.2) is 0 Å². The van der Waals surface area contributed by atoms with Crippen LogP contribution in [0.5, 0.6) is 0 Å². The summed E-state index contributed by atoms with van der Waals surface area (Å²) in [4.78, 5) is 11.9. The van der Waals surface area contributed by atoms with E-state index in [1.165, 1.54) is 7.11 Å². The lowest BCUT2D eigenvalue weighted by atomic mass is 9.65. The first-order valence-electron chi connectivity index (χ1n) is 7.76. The highest BCUT2D eigenvalue weighted by Crippen LogP contribution is 2.43. The molecule has 1 aromatic rings. The molecule has 1 fully saturated rings. The van der Waals surface area contributed by atoms with Crippen LogP contribution in [-0.4, -0.2) is 31.4 Å². The number of halogens is 1. The third-order valence-corrected chi connectivity index (χ3v) is 5.19. The van der Waals surface area contributed by atoms with Crippen LogP contribution >= 0.6 is 11.6 Å². The number of hydrogen-bond acceptors (Lipinski definition) is 4.